The van der Waals surface area contributed by atoms with E-state index in [0.717, 1.165) is 17.7 Å². The Morgan fingerprint density at radius 3 is 2.64 bits per heavy atom. The van der Waals surface area contributed by atoms with Gasteiger partial charge in [0, 0.05) is 24.5 Å². The van der Waals surface area contributed by atoms with Crippen molar-refractivity contribution < 1.29 is 4.79 Å². The Hall–Kier alpha value is -2.36. The fourth-order valence-electron chi connectivity index (χ4n) is 2.01. The van der Waals surface area contributed by atoms with Crippen molar-refractivity contribution >= 4 is 11.6 Å². The number of pyridine rings is 1. The van der Waals surface area contributed by atoms with Crippen molar-refractivity contribution in [2.45, 2.75) is 39.8 Å². The zero-order valence-corrected chi connectivity index (χ0v) is 13.4. The maximum absolute atomic E-state index is 12.2. The average Bonchev–Trinajstić information content (AvgIpc) is 2.54. The van der Waals surface area contributed by atoms with Gasteiger partial charge in [-0.15, -0.1) is 0 Å². The molecule has 0 aliphatic carbocycles. The third-order valence-electron chi connectivity index (χ3n) is 3.59. The lowest BCUT2D eigenvalue weighted by Crippen LogP contribution is -2.24. The molecule has 2 N–H and O–H groups in total. The number of nitrogens with zero attached hydrogens (tertiary/aromatic N) is 1. The summed E-state index contributed by atoms with van der Waals surface area (Å²) in [5, 5.41) is 6.25. The fourth-order valence-corrected chi connectivity index (χ4v) is 2.01. The second-order valence-corrected chi connectivity index (χ2v) is 5.55. The quantitative estimate of drug-likeness (QED) is 0.857. The first-order valence-electron chi connectivity index (χ1n) is 7.65. The maximum atomic E-state index is 12.2. The number of benzene rings is 1. The second-order valence-electron chi connectivity index (χ2n) is 5.55. The number of amides is 1. The van der Waals surface area contributed by atoms with E-state index >= 15 is 0 Å². The maximum Gasteiger partial charge on any atom is 0.270 e. The molecule has 0 aliphatic rings. The summed E-state index contributed by atoms with van der Waals surface area (Å²) in [5.41, 5.74) is 3.64. The molecule has 1 unspecified atom stereocenters. The van der Waals surface area contributed by atoms with E-state index < -0.39 is 0 Å². The summed E-state index contributed by atoms with van der Waals surface area (Å²) in [5.74, 6) is -0.159. The van der Waals surface area contributed by atoms with Crippen LogP contribution in [0.2, 0.25) is 0 Å². The molecule has 1 atom stereocenters. The van der Waals surface area contributed by atoms with Crippen LogP contribution in [0.25, 0.3) is 0 Å². The Balaban J connectivity index is 1.97. The van der Waals surface area contributed by atoms with Gasteiger partial charge in [-0.05, 0) is 38.0 Å². The molecule has 0 radical (unpaired) electrons. The number of rotatable bonds is 6. The molecule has 1 amide bonds. The molecule has 2 rings (SSSR count). The molecule has 116 valence electrons. The molecule has 0 saturated carbocycles. The highest BCUT2D eigenvalue weighted by atomic mass is 16.1. The Morgan fingerprint density at radius 1 is 1.23 bits per heavy atom. The third-order valence-corrected chi connectivity index (χ3v) is 3.59. The van der Waals surface area contributed by atoms with Crippen LogP contribution in [0.3, 0.4) is 0 Å². The lowest BCUT2D eigenvalue weighted by molar-refractivity contribution is 0.0946. The monoisotopic (exact) mass is 297 g/mol. The molecule has 1 aromatic heterocycles. The van der Waals surface area contributed by atoms with Crippen LogP contribution in [-0.4, -0.2) is 16.9 Å². The summed E-state index contributed by atoms with van der Waals surface area (Å²) in [7, 11) is 0. The van der Waals surface area contributed by atoms with Gasteiger partial charge in [-0.25, -0.2) is 0 Å². The molecule has 2 aromatic rings. The SMILES string of the molecule is CCC(C)Nc1ccnc(C(=O)NCc2ccc(C)cc2)c1. The number of aromatic nitrogens is 1. The van der Waals surface area contributed by atoms with Crippen LogP contribution in [0.4, 0.5) is 5.69 Å². The van der Waals surface area contributed by atoms with E-state index in [1.165, 1.54) is 5.56 Å². The van der Waals surface area contributed by atoms with Gasteiger partial charge in [0.25, 0.3) is 5.91 Å². The van der Waals surface area contributed by atoms with Gasteiger partial charge >= 0.3 is 0 Å². The summed E-state index contributed by atoms with van der Waals surface area (Å²) >= 11 is 0. The number of carbonyl (C=O) groups excluding carboxylic acids is 1. The van der Waals surface area contributed by atoms with Crippen molar-refractivity contribution in [1.29, 1.82) is 0 Å². The Labute approximate surface area is 132 Å². The van der Waals surface area contributed by atoms with Crippen LogP contribution >= 0.6 is 0 Å². The van der Waals surface area contributed by atoms with Gasteiger partial charge in [0.05, 0.1) is 0 Å². The largest absolute Gasteiger partial charge is 0.382 e. The van der Waals surface area contributed by atoms with Gasteiger partial charge in [-0.2, -0.15) is 0 Å². The molecule has 0 bridgehead atoms. The van der Waals surface area contributed by atoms with Crippen LogP contribution in [0.15, 0.2) is 42.6 Å². The predicted octanol–water partition coefficient (Wildman–Crippen LogP) is 3.53. The van der Waals surface area contributed by atoms with Crippen molar-refractivity contribution in [3.63, 3.8) is 0 Å². The number of nitrogens with one attached hydrogen (secondary N) is 2. The minimum Gasteiger partial charge on any atom is -0.382 e. The summed E-state index contributed by atoms with van der Waals surface area (Å²) in [6, 6.07) is 12.1. The highest BCUT2D eigenvalue weighted by Crippen LogP contribution is 2.11. The molecular formula is C18H23N3O. The second kappa shape index (κ2) is 7.59. The van der Waals surface area contributed by atoms with Gasteiger partial charge in [-0.1, -0.05) is 36.8 Å². The predicted molar refractivity (Wildman–Crippen MR) is 90.0 cm³/mol. The van der Waals surface area contributed by atoms with Gasteiger partial charge in [-0.3, -0.25) is 9.78 Å². The number of hydrogen-bond acceptors (Lipinski definition) is 3. The van der Waals surface area contributed by atoms with E-state index in [4.69, 9.17) is 0 Å². The first-order valence-corrected chi connectivity index (χ1v) is 7.65. The molecule has 1 heterocycles. The third kappa shape index (κ3) is 4.58. The summed E-state index contributed by atoms with van der Waals surface area (Å²) < 4.78 is 0. The van der Waals surface area contributed by atoms with Crippen LogP contribution in [0.1, 0.15) is 41.9 Å². The highest BCUT2D eigenvalue weighted by Gasteiger charge is 2.08. The molecule has 0 spiro atoms. The average molecular weight is 297 g/mol. The molecule has 4 heteroatoms. The minimum atomic E-state index is -0.159. The van der Waals surface area contributed by atoms with E-state index in [9.17, 15) is 4.79 Å². The molecule has 1 aromatic carbocycles. The van der Waals surface area contributed by atoms with E-state index in [2.05, 4.69) is 29.5 Å². The molecule has 0 saturated heterocycles. The van der Waals surface area contributed by atoms with Crippen molar-refractivity contribution in [2.24, 2.45) is 0 Å². The van der Waals surface area contributed by atoms with Gasteiger partial charge in [0.2, 0.25) is 0 Å². The van der Waals surface area contributed by atoms with Crippen LogP contribution < -0.4 is 10.6 Å². The van der Waals surface area contributed by atoms with Crippen molar-refractivity contribution in [1.82, 2.24) is 10.3 Å². The normalized spacial score (nSPS) is 11.8. The van der Waals surface area contributed by atoms with E-state index in [1.54, 1.807) is 12.3 Å². The summed E-state index contributed by atoms with van der Waals surface area (Å²) in [6.45, 7) is 6.78. The van der Waals surface area contributed by atoms with E-state index in [0.29, 0.717) is 18.3 Å². The lowest BCUT2D eigenvalue weighted by atomic mass is 10.1. The lowest BCUT2D eigenvalue weighted by Gasteiger charge is -2.13. The number of hydrogen-bond donors (Lipinski definition) is 2. The van der Waals surface area contributed by atoms with Crippen molar-refractivity contribution in [2.75, 3.05) is 5.32 Å². The molecular weight excluding hydrogens is 274 g/mol. The molecule has 0 fully saturated rings. The Bertz CT molecular complexity index is 622. The molecule has 22 heavy (non-hydrogen) atoms. The van der Waals surface area contributed by atoms with Gasteiger partial charge < -0.3 is 10.6 Å². The van der Waals surface area contributed by atoms with Crippen LogP contribution in [0, 0.1) is 6.92 Å². The van der Waals surface area contributed by atoms with Crippen molar-refractivity contribution in [3.05, 3.63) is 59.4 Å². The van der Waals surface area contributed by atoms with E-state index in [-0.39, 0.29) is 5.91 Å². The fraction of sp³-hybridized carbons (Fsp3) is 0.333. The van der Waals surface area contributed by atoms with Crippen LogP contribution in [0.5, 0.6) is 0 Å². The topological polar surface area (TPSA) is 54.0 Å². The van der Waals surface area contributed by atoms with Gasteiger partial charge in [0.1, 0.15) is 5.69 Å². The van der Waals surface area contributed by atoms with Gasteiger partial charge in [0.15, 0.2) is 0 Å². The zero-order chi connectivity index (χ0) is 15.9. The zero-order valence-electron chi connectivity index (χ0n) is 13.4. The van der Waals surface area contributed by atoms with Crippen LogP contribution in [-0.2, 0) is 6.54 Å². The van der Waals surface area contributed by atoms with E-state index in [1.807, 2.05) is 37.3 Å². The molecule has 0 aliphatic heterocycles. The number of carbonyl (C=O) groups is 1. The summed E-state index contributed by atoms with van der Waals surface area (Å²) in [6.07, 6.45) is 2.68. The number of anilines is 1. The number of aryl methyl sites for hydroxylation is 1. The first-order chi connectivity index (χ1) is 10.6. The van der Waals surface area contributed by atoms with Crippen molar-refractivity contribution in [3.8, 4) is 0 Å². The smallest absolute Gasteiger partial charge is 0.270 e. The standard InChI is InChI=1S/C18H23N3O/c1-4-14(3)21-16-9-10-19-17(11-16)18(22)20-12-15-7-5-13(2)6-8-15/h5-11,14H,4,12H2,1-3H3,(H,19,21)(H,20,22). The Kier molecular flexibility index (Phi) is 5.53. The summed E-state index contributed by atoms with van der Waals surface area (Å²) in [4.78, 5) is 16.3. The Morgan fingerprint density at radius 2 is 1.95 bits per heavy atom. The highest BCUT2D eigenvalue weighted by molar-refractivity contribution is 5.93. The minimum absolute atomic E-state index is 0.159. The molecule has 4 nitrogen and oxygen atoms in total. The first kappa shape index (κ1) is 16.0.